The zero-order valence-corrected chi connectivity index (χ0v) is 15.1. The molecular weight excluding hydrogens is 332 g/mol. The maximum Gasteiger partial charge on any atom is 0.318 e. The van der Waals surface area contributed by atoms with Crippen LogP contribution in [0.25, 0.3) is 0 Å². The minimum atomic E-state index is -0.871. The van der Waals surface area contributed by atoms with E-state index in [4.69, 9.17) is 5.11 Å². The first-order valence-electron chi connectivity index (χ1n) is 8.53. The highest BCUT2D eigenvalue weighted by Crippen LogP contribution is 2.09. The number of nitrogens with zero attached hydrogens (tertiary/aromatic N) is 3. The van der Waals surface area contributed by atoms with Crippen LogP contribution in [0.15, 0.2) is 36.4 Å². The molecule has 7 heteroatoms. The van der Waals surface area contributed by atoms with Crippen LogP contribution in [0.4, 0.5) is 4.79 Å². The SMILES string of the molecule is Cc1cccc(CN(Cc2cccc(C)n2)C(=O)NCCCC(=O)O)n1. The van der Waals surface area contributed by atoms with Crippen molar-refractivity contribution in [1.29, 1.82) is 0 Å². The zero-order chi connectivity index (χ0) is 18.9. The van der Waals surface area contributed by atoms with Crippen LogP contribution in [0.2, 0.25) is 0 Å². The van der Waals surface area contributed by atoms with Crippen LogP contribution in [-0.4, -0.2) is 38.5 Å². The molecule has 26 heavy (non-hydrogen) atoms. The van der Waals surface area contributed by atoms with Gasteiger partial charge in [0, 0.05) is 24.4 Å². The number of amides is 2. The van der Waals surface area contributed by atoms with Crippen molar-refractivity contribution in [2.45, 2.75) is 39.8 Å². The lowest BCUT2D eigenvalue weighted by Gasteiger charge is -2.23. The average Bonchev–Trinajstić information content (AvgIpc) is 2.58. The van der Waals surface area contributed by atoms with Gasteiger partial charge >= 0.3 is 12.0 Å². The second-order valence-electron chi connectivity index (χ2n) is 6.13. The Hall–Kier alpha value is -2.96. The quantitative estimate of drug-likeness (QED) is 0.709. The van der Waals surface area contributed by atoms with Crippen molar-refractivity contribution in [2.75, 3.05) is 6.54 Å². The van der Waals surface area contributed by atoms with Crippen molar-refractivity contribution in [1.82, 2.24) is 20.2 Å². The van der Waals surface area contributed by atoms with Crippen molar-refractivity contribution < 1.29 is 14.7 Å². The Kier molecular flexibility index (Phi) is 7.08. The summed E-state index contributed by atoms with van der Waals surface area (Å²) in [6, 6.07) is 11.1. The fourth-order valence-electron chi connectivity index (χ4n) is 2.51. The predicted octanol–water partition coefficient (Wildman–Crippen LogP) is 2.67. The number of nitrogens with one attached hydrogen (secondary N) is 1. The normalized spacial score (nSPS) is 10.4. The van der Waals surface area contributed by atoms with Gasteiger partial charge in [-0.1, -0.05) is 12.1 Å². The molecular formula is C19H24N4O3. The molecule has 2 rings (SSSR count). The van der Waals surface area contributed by atoms with E-state index >= 15 is 0 Å². The van der Waals surface area contributed by atoms with Crippen LogP contribution in [0.3, 0.4) is 0 Å². The van der Waals surface area contributed by atoms with Gasteiger partial charge in [0.1, 0.15) is 0 Å². The highest BCUT2D eigenvalue weighted by atomic mass is 16.4. The molecule has 2 aromatic heterocycles. The molecule has 138 valence electrons. The Morgan fingerprint density at radius 2 is 1.54 bits per heavy atom. The molecule has 2 aromatic rings. The minimum Gasteiger partial charge on any atom is -0.481 e. The van der Waals surface area contributed by atoms with Crippen molar-refractivity contribution in [2.24, 2.45) is 0 Å². The number of aliphatic carboxylic acids is 1. The Morgan fingerprint density at radius 3 is 2.00 bits per heavy atom. The molecule has 0 radical (unpaired) electrons. The highest BCUT2D eigenvalue weighted by molar-refractivity contribution is 5.74. The number of carbonyl (C=O) groups excluding carboxylic acids is 1. The van der Waals surface area contributed by atoms with Crippen molar-refractivity contribution in [3.8, 4) is 0 Å². The van der Waals surface area contributed by atoms with Gasteiger partial charge in [-0.25, -0.2) is 4.79 Å². The lowest BCUT2D eigenvalue weighted by molar-refractivity contribution is -0.137. The molecule has 0 spiro atoms. The number of carbonyl (C=O) groups is 2. The standard InChI is InChI=1S/C19H24N4O3/c1-14-6-3-8-16(21-14)12-23(13-17-9-4-7-15(2)22-17)19(26)20-11-5-10-18(24)25/h3-4,6-9H,5,10-13H2,1-2H3,(H,20,26)(H,24,25). The first-order chi connectivity index (χ1) is 12.4. The number of pyridine rings is 2. The minimum absolute atomic E-state index is 0.0269. The number of hydrogen-bond donors (Lipinski definition) is 2. The Labute approximate surface area is 153 Å². The molecule has 2 amide bonds. The lowest BCUT2D eigenvalue weighted by Crippen LogP contribution is -2.40. The van der Waals surface area contributed by atoms with E-state index < -0.39 is 5.97 Å². The van der Waals surface area contributed by atoms with Crippen LogP contribution in [0.5, 0.6) is 0 Å². The summed E-state index contributed by atoms with van der Waals surface area (Å²) in [7, 11) is 0. The summed E-state index contributed by atoms with van der Waals surface area (Å²) in [5, 5.41) is 11.5. The molecule has 2 heterocycles. The zero-order valence-electron chi connectivity index (χ0n) is 15.1. The number of carboxylic acid groups (broad SMARTS) is 1. The van der Waals surface area contributed by atoms with E-state index in [0.717, 1.165) is 22.8 Å². The molecule has 0 saturated heterocycles. The van der Waals surface area contributed by atoms with E-state index in [0.29, 0.717) is 26.1 Å². The number of hydrogen-bond acceptors (Lipinski definition) is 4. The first-order valence-corrected chi connectivity index (χ1v) is 8.53. The van der Waals surface area contributed by atoms with Gasteiger partial charge in [0.05, 0.1) is 24.5 Å². The summed E-state index contributed by atoms with van der Waals surface area (Å²) in [5.74, 6) is -0.871. The third kappa shape index (κ3) is 6.51. The van der Waals surface area contributed by atoms with Gasteiger partial charge < -0.3 is 15.3 Å². The van der Waals surface area contributed by atoms with Crippen LogP contribution in [0.1, 0.15) is 35.6 Å². The summed E-state index contributed by atoms with van der Waals surface area (Å²) in [6.45, 7) is 4.82. The van der Waals surface area contributed by atoms with Crippen molar-refractivity contribution in [3.63, 3.8) is 0 Å². The first kappa shape index (κ1) is 19.4. The van der Waals surface area contributed by atoms with E-state index in [-0.39, 0.29) is 12.5 Å². The van der Waals surface area contributed by atoms with Gasteiger partial charge in [0.2, 0.25) is 0 Å². The monoisotopic (exact) mass is 356 g/mol. The molecule has 0 bridgehead atoms. The molecule has 0 unspecified atom stereocenters. The number of urea groups is 1. The van der Waals surface area contributed by atoms with E-state index in [1.54, 1.807) is 4.90 Å². The predicted molar refractivity (Wildman–Crippen MR) is 97.5 cm³/mol. The summed E-state index contributed by atoms with van der Waals surface area (Å²) in [4.78, 5) is 33.7. The number of carboxylic acids is 1. The summed E-state index contributed by atoms with van der Waals surface area (Å²) < 4.78 is 0. The molecule has 0 aliphatic carbocycles. The number of aryl methyl sites for hydroxylation is 2. The maximum absolute atomic E-state index is 12.6. The topological polar surface area (TPSA) is 95.4 Å². The molecule has 7 nitrogen and oxygen atoms in total. The van der Waals surface area contributed by atoms with E-state index in [2.05, 4.69) is 15.3 Å². The molecule has 0 aliphatic heterocycles. The van der Waals surface area contributed by atoms with Crippen LogP contribution < -0.4 is 5.32 Å². The van der Waals surface area contributed by atoms with Gasteiger partial charge in [-0.15, -0.1) is 0 Å². The van der Waals surface area contributed by atoms with E-state index in [1.807, 2.05) is 50.2 Å². The summed E-state index contributed by atoms with van der Waals surface area (Å²) in [5.41, 5.74) is 3.35. The Balaban J connectivity index is 2.06. The second kappa shape index (κ2) is 9.50. The van der Waals surface area contributed by atoms with Gasteiger partial charge in [-0.3, -0.25) is 14.8 Å². The summed E-state index contributed by atoms with van der Waals surface area (Å²) in [6.07, 6.45) is 0.416. The van der Waals surface area contributed by atoms with Crippen LogP contribution >= 0.6 is 0 Å². The molecule has 2 N–H and O–H groups in total. The van der Waals surface area contributed by atoms with E-state index in [1.165, 1.54) is 0 Å². The lowest BCUT2D eigenvalue weighted by atomic mass is 10.2. The number of aromatic nitrogens is 2. The molecule has 0 fully saturated rings. The molecule has 0 aliphatic rings. The third-order valence-electron chi connectivity index (χ3n) is 3.73. The third-order valence-corrected chi connectivity index (χ3v) is 3.73. The molecule has 0 aromatic carbocycles. The van der Waals surface area contributed by atoms with Gasteiger partial charge in [-0.2, -0.15) is 0 Å². The van der Waals surface area contributed by atoms with Crippen molar-refractivity contribution in [3.05, 3.63) is 59.2 Å². The molecule has 0 saturated carbocycles. The van der Waals surface area contributed by atoms with Gasteiger partial charge in [0.15, 0.2) is 0 Å². The smallest absolute Gasteiger partial charge is 0.318 e. The van der Waals surface area contributed by atoms with Crippen LogP contribution in [-0.2, 0) is 17.9 Å². The van der Waals surface area contributed by atoms with Crippen molar-refractivity contribution >= 4 is 12.0 Å². The average molecular weight is 356 g/mol. The second-order valence-corrected chi connectivity index (χ2v) is 6.13. The highest BCUT2D eigenvalue weighted by Gasteiger charge is 2.16. The fourth-order valence-corrected chi connectivity index (χ4v) is 2.51. The summed E-state index contributed by atoms with van der Waals surface area (Å²) >= 11 is 0. The Morgan fingerprint density at radius 1 is 1.00 bits per heavy atom. The maximum atomic E-state index is 12.6. The molecule has 0 atom stereocenters. The van der Waals surface area contributed by atoms with Crippen LogP contribution in [0, 0.1) is 13.8 Å². The number of rotatable bonds is 8. The van der Waals surface area contributed by atoms with Gasteiger partial charge in [0.25, 0.3) is 0 Å². The van der Waals surface area contributed by atoms with E-state index in [9.17, 15) is 9.59 Å². The largest absolute Gasteiger partial charge is 0.481 e. The fraction of sp³-hybridized carbons (Fsp3) is 0.368. The van der Waals surface area contributed by atoms with Gasteiger partial charge in [-0.05, 0) is 44.5 Å². The Bertz CT molecular complexity index is 716.